The van der Waals surface area contributed by atoms with Crippen molar-refractivity contribution in [1.82, 2.24) is 10.2 Å². The van der Waals surface area contributed by atoms with Crippen molar-refractivity contribution in [1.29, 1.82) is 0 Å². The number of amides is 2. The Balaban J connectivity index is 1.77. The largest absolute Gasteiger partial charge is 0.493 e. The zero-order valence-corrected chi connectivity index (χ0v) is 29.1. The number of hydrogen-bond acceptors (Lipinski definition) is 6. The minimum Gasteiger partial charge on any atom is -0.493 e. The molecule has 9 nitrogen and oxygen atoms in total. The van der Waals surface area contributed by atoms with Crippen LogP contribution in [0.1, 0.15) is 55.7 Å². The van der Waals surface area contributed by atoms with E-state index in [1.807, 2.05) is 19.9 Å². The van der Waals surface area contributed by atoms with Crippen molar-refractivity contribution >= 4 is 50.7 Å². The van der Waals surface area contributed by atoms with Gasteiger partial charge in [-0.1, -0.05) is 54.6 Å². The number of nitrogens with zero attached hydrogens (tertiary/aromatic N) is 2. The summed E-state index contributed by atoms with van der Waals surface area (Å²) in [5, 5.41) is 3.75. The van der Waals surface area contributed by atoms with E-state index < -0.39 is 28.5 Å². The molecule has 248 valence electrons. The van der Waals surface area contributed by atoms with Crippen molar-refractivity contribution in [3.63, 3.8) is 0 Å². The Morgan fingerprint density at radius 2 is 1.52 bits per heavy atom. The maximum Gasteiger partial charge on any atom is 0.264 e. The van der Waals surface area contributed by atoms with Gasteiger partial charge in [-0.2, -0.15) is 0 Å². The summed E-state index contributed by atoms with van der Waals surface area (Å²) in [6, 6.07) is 13.6. The van der Waals surface area contributed by atoms with E-state index in [-0.39, 0.29) is 29.1 Å². The van der Waals surface area contributed by atoms with Crippen LogP contribution in [0.2, 0.25) is 10.0 Å². The van der Waals surface area contributed by atoms with Crippen molar-refractivity contribution in [2.45, 2.75) is 76.4 Å². The summed E-state index contributed by atoms with van der Waals surface area (Å²) in [6.07, 6.45) is 4.91. The summed E-state index contributed by atoms with van der Waals surface area (Å²) < 4.78 is 40.4. The number of rotatable bonds is 12. The van der Waals surface area contributed by atoms with E-state index in [0.29, 0.717) is 27.0 Å². The zero-order chi connectivity index (χ0) is 33.6. The highest BCUT2D eigenvalue weighted by Gasteiger charge is 2.34. The Hall–Kier alpha value is -3.47. The van der Waals surface area contributed by atoms with Crippen LogP contribution in [-0.2, 0) is 26.2 Å². The summed E-state index contributed by atoms with van der Waals surface area (Å²) >= 11 is 13.0. The first kappa shape index (κ1) is 35.4. The van der Waals surface area contributed by atoms with Gasteiger partial charge in [0.25, 0.3) is 10.0 Å². The number of benzene rings is 3. The monoisotopic (exact) mass is 689 g/mol. The van der Waals surface area contributed by atoms with Crippen LogP contribution in [0.4, 0.5) is 5.69 Å². The van der Waals surface area contributed by atoms with Crippen LogP contribution in [0.25, 0.3) is 0 Å². The smallest absolute Gasteiger partial charge is 0.264 e. The highest BCUT2D eigenvalue weighted by molar-refractivity contribution is 7.92. The van der Waals surface area contributed by atoms with Gasteiger partial charge in [0.1, 0.15) is 12.6 Å². The van der Waals surface area contributed by atoms with Crippen molar-refractivity contribution in [2.24, 2.45) is 0 Å². The maximum absolute atomic E-state index is 14.4. The molecule has 2 amide bonds. The Kier molecular flexibility index (Phi) is 11.9. The molecular formula is C34H41Cl2N3O6S. The molecule has 1 atom stereocenters. The molecule has 1 saturated carbocycles. The second-order valence-corrected chi connectivity index (χ2v) is 14.3. The molecule has 0 saturated heterocycles. The van der Waals surface area contributed by atoms with Gasteiger partial charge in [0.2, 0.25) is 11.8 Å². The Morgan fingerprint density at radius 1 is 0.913 bits per heavy atom. The van der Waals surface area contributed by atoms with Gasteiger partial charge >= 0.3 is 0 Å². The molecule has 12 heteroatoms. The first-order valence-electron chi connectivity index (χ1n) is 15.2. The predicted molar refractivity (Wildman–Crippen MR) is 181 cm³/mol. The Morgan fingerprint density at radius 3 is 2.11 bits per heavy atom. The van der Waals surface area contributed by atoms with Crippen molar-refractivity contribution in [3.8, 4) is 11.5 Å². The molecule has 3 aromatic rings. The van der Waals surface area contributed by atoms with Gasteiger partial charge in [0, 0.05) is 34.3 Å². The first-order chi connectivity index (χ1) is 21.8. The molecular weight excluding hydrogens is 649 g/mol. The summed E-state index contributed by atoms with van der Waals surface area (Å²) in [4.78, 5) is 29.2. The fourth-order valence-electron chi connectivity index (χ4n) is 5.73. The van der Waals surface area contributed by atoms with Crippen LogP contribution >= 0.6 is 23.2 Å². The van der Waals surface area contributed by atoms with Crippen LogP contribution in [0.5, 0.6) is 11.5 Å². The lowest BCUT2D eigenvalue weighted by atomic mass is 9.95. The maximum atomic E-state index is 14.4. The normalized spacial score (nSPS) is 14.3. The molecule has 0 aromatic heterocycles. The lowest BCUT2D eigenvalue weighted by Gasteiger charge is -2.33. The van der Waals surface area contributed by atoms with E-state index in [1.165, 1.54) is 37.3 Å². The summed E-state index contributed by atoms with van der Waals surface area (Å²) in [6.45, 7) is 4.63. The highest BCUT2D eigenvalue weighted by atomic mass is 35.5. The minimum atomic E-state index is -4.33. The summed E-state index contributed by atoms with van der Waals surface area (Å²) in [5.41, 5.74) is 2.39. The number of halogens is 2. The number of methoxy groups -OCH3 is 2. The molecule has 1 fully saturated rings. The van der Waals surface area contributed by atoms with Crippen LogP contribution < -0.4 is 19.1 Å². The molecule has 0 unspecified atom stereocenters. The lowest BCUT2D eigenvalue weighted by Crippen LogP contribution is -2.53. The number of nitrogens with one attached hydrogen (secondary N) is 1. The molecule has 4 rings (SSSR count). The number of sulfonamides is 1. The molecule has 0 spiro atoms. The average Bonchev–Trinajstić information content (AvgIpc) is 3.02. The predicted octanol–water partition coefficient (Wildman–Crippen LogP) is 6.69. The van der Waals surface area contributed by atoms with E-state index in [1.54, 1.807) is 37.3 Å². The van der Waals surface area contributed by atoms with Crippen LogP contribution in [0, 0.1) is 13.8 Å². The summed E-state index contributed by atoms with van der Waals surface area (Å²) in [7, 11) is -1.46. The quantitative estimate of drug-likeness (QED) is 0.227. The summed E-state index contributed by atoms with van der Waals surface area (Å²) in [5.74, 6) is -0.357. The Bertz CT molecular complexity index is 1640. The third-order valence-electron chi connectivity index (χ3n) is 8.23. The standard InChI is InChI=1S/C34H41Cl2N3O6S/c1-22-16-23(2)18-26(17-22)39(46(42,43)27-14-15-31(44-4)32(19-27)45-5)21-33(40)38(20-28-29(35)12-9-13-30(28)36)24(3)34(41)37-25-10-7-6-8-11-25/h9,12-19,24-25H,6-8,10-11,20-21H2,1-5H3,(H,37,41)/t24-/m1/s1. The second-order valence-electron chi connectivity index (χ2n) is 11.6. The Labute approximate surface area is 281 Å². The molecule has 0 bridgehead atoms. The molecule has 1 aliphatic rings. The molecule has 0 heterocycles. The fraction of sp³-hybridized carbons (Fsp3) is 0.412. The third kappa shape index (κ3) is 8.27. The van der Waals surface area contributed by atoms with Gasteiger partial charge in [-0.3, -0.25) is 13.9 Å². The number of ether oxygens (including phenoxy) is 2. The second kappa shape index (κ2) is 15.4. The van der Waals surface area contributed by atoms with Crippen molar-refractivity contribution in [2.75, 3.05) is 25.1 Å². The number of carbonyl (C=O) groups excluding carboxylic acids is 2. The number of aryl methyl sites for hydroxylation is 2. The van der Waals surface area contributed by atoms with E-state index in [2.05, 4.69) is 5.32 Å². The zero-order valence-electron chi connectivity index (χ0n) is 26.8. The van der Waals surface area contributed by atoms with Crippen molar-refractivity contribution in [3.05, 3.63) is 81.3 Å². The third-order valence-corrected chi connectivity index (χ3v) is 10.7. The van der Waals surface area contributed by atoms with Gasteiger partial charge in [0.05, 0.1) is 24.8 Å². The van der Waals surface area contributed by atoms with E-state index in [9.17, 15) is 18.0 Å². The fourth-order valence-corrected chi connectivity index (χ4v) is 7.66. The molecule has 1 N–H and O–H groups in total. The lowest BCUT2D eigenvalue weighted by molar-refractivity contribution is -0.139. The van der Waals surface area contributed by atoms with Crippen LogP contribution in [0.3, 0.4) is 0 Å². The van der Waals surface area contributed by atoms with E-state index in [0.717, 1.165) is 47.5 Å². The highest BCUT2D eigenvalue weighted by Crippen LogP contribution is 2.33. The molecule has 46 heavy (non-hydrogen) atoms. The minimum absolute atomic E-state index is 0.0155. The van der Waals surface area contributed by atoms with Gasteiger partial charge < -0.3 is 19.7 Å². The average molecular weight is 691 g/mol. The molecule has 1 aliphatic carbocycles. The number of anilines is 1. The van der Waals surface area contributed by atoms with Crippen LogP contribution in [-0.4, -0.2) is 58.0 Å². The molecule has 3 aromatic carbocycles. The number of hydrogen-bond donors (Lipinski definition) is 1. The topological polar surface area (TPSA) is 105 Å². The van der Waals surface area contributed by atoms with Gasteiger partial charge in [0.15, 0.2) is 11.5 Å². The molecule has 0 aliphatic heterocycles. The van der Waals surface area contributed by atoms with Gasteiger partial charge in [-0.25, -0.2) is 8.42 Å². The van der Waals surface area contributed by atoms with E-state index >= 15 is 0 Å². The van der Waals surface area contributed by atoms with Crippen LogP contribution in [0.15, 0.2) is 59.5 Å². The van der Waals surface area contributed by atoms with Crippen molar-refractivity contribution < 1.29 is 27.5 Å². The first-order valence-corrected chi connectivity index (χ1v) is 17.4. The van der Waals surface area contributed by atoms with Gasteiger partial charge in [-0.05, 0) is 81.1 Å². The van der Waals surface area contributed by atoms with Gasteiger partial charge in [-0.15, -0.1) is 0 Å². The SMILES string of the molecule is COc1ccc(S(=O)(=O)N(CC(=O)N(Cc2c(Cl)cccc2Cl)[C@H](C)C(=O)NC2CCCCC2)c2cc(C)cc(C)c2)cc1OC. The number of carbonyl (C=O) groups is 2. The van der Waals surface area contributed by atoms with E-state index in [4.69, 9.17) is 32.7 Å². The molecule has 0 radical (unpaired) electrons.